The molecule has 1 atom stereocenters. The van der Waals surface area contributed by atoms with Crippen LogP contribution in [0.1, 0.15) is 18.7 Å². The summed E-state index contributed by atoms with van der Waals surface area (Å²) in [5.41, 5.74) is 5.45. The fourth-order valence-corrected chi connectivity index (χ4v) is 2.77. The Bertz CT molecular complexity index is 484. The maximum atomic E-state index is 12.0. The highest BCUT2D eigenvalue weighted by Crippen LogP contribution is 2.39. The monoisotopic (exact) mass is 265 g/mol. The number of aromatic nitrogens is 3. The molecule has 2 N–H and O–H groups in total. The number of ether oxygens (including phenoxy) is 1. The van der Waals surface area contributed by atoms with Crippen molar-refractivity contribution in [2.24, 2.45) is 11.7 Å². The summed E-state index contributed by atoms with van der Waals surface area (Å²) in [5, 5.41) is 7.97. The van der Waals surface area contributed by atoms with Gasteiger partial charge in [-0.1, -0.05) is 0 Å². The smallest absolute Gasteiger partial charge is 0.327 e. The van der Waals surface area contributed by atoms with Gasteiger partial charge in [-0.25, -0.2) is 0 Å². The highest BCUT2D eigenvalue weighted by Gasteiger charge is 2.50. The summed E-state index contributed by atoms with van der Waals surface area (Å²) in [6, 6.07) is 0. The predicted octanol–water partition coefficient (Wildman–Crippen LogP) is -0.626. The average molecular weight is 265 g/mol. The Morgan fingerprint density at radius 2 is 2.37 bits per heavy atom. The van der Waals surface area contributed by atoms with Gasteiger partial charge in [0.15, 0.2) is 0 Å². The van der Waals surface area contributed by atoms with Crippen LogP contribution in [0.5, 0.6) is 0 Å². The third-order valence-electron chi connectivity index (χ3n) is 4.07. The maximum Gasteiger partial charge on any atom is 0.327 e. The average Bonchev–Trinajstić information content (AvgIpc) is 3.17. The summed E-state index contributed by atoms with van der Waals surface area (Å²) in [6.45, 7) is 2.90. The van der Waals surface area contributed by atoms with Crippen molar-refractivity contribution in [3.05, 3.63) is 12.2 Å². The number of nitrogens with zero attached hydrogens (tertiary/aromatic N) is 4. The Morgan fingerprint density at radius 1 is 1.58 bits per heavy atom. The quantitative estimate of drug-likeness (QED) is 0.730. The molecule has 2 aliphatic rings. The molecule has 0 saturated heterocycles. The van der Waals surface area contributed by atoms with Gasteiger partial charge in [-0.3, -0.25) is 9.69 Å². The van der Waals surface area contributed by atoms with Crippen LogP contribution in [0.25, 0.3) is 0 Å². The molecule has 1 aliphatic heterocycles. The summed E-state index contributed by atoms with van der Waals surface area (Å²) >= 11 is 0. The van der Waals surface area contributed by atoms with E-state index in [1.54, 1.807) is 6.33 Å². The molecular weight excluding hydrogens is 246 g/mol. The third-order valence-corrected chi connectivity index (χ3v) is 4.07. The maximum absolute atomic E-state index is 12.0. The molecule has 104 valence electrons. The topological polar surface area (TPSA) is 86.3 Å². The zero-order valence-electron chi connectivity index (χ0n) is 11.1. The molecule has 7 heteroatoms. The summed E-state index contributed by atoms with van der Waals surface area (Å²) < 4.78 is 6.92. The van der Waals surface area contributed by atoms with Crippen LogP contribution in [0.4, 0.5) is 0 Å². The third kappa shape index (κ3) is 2.23. The van der Waals surface area contributed by atoms with Crippen molar-refractivity contribution in [2.75, 3.05) is 20.2 Å². The molecule has 1 unspecified atom stereocenters. The Labute approximate surface area is 111 Å². The van der Waals surface area contributed by atoms with E-state index in [1.807, 2.05) is 4.57 Å². The second kappa shape index (κ2) is 4.57. The van der Waals surface area contributed by atoms with Crippen molar-refractivity contribution in [3.63, 3.8) is 0 Å². The van der Waals surface area contributed by atoms with Gasteiger partial charge in [0.1, 0.15) is 17.7 Å². The Morgan fingerprint density at radius 3 is 3.05 bits per heavy atom. The molecule has 1 aliphatic carbocycles. The van der Waals surface area contributed by atoms with E-state index in [0.717, 1.165) is 31.8 Å². The lowest BCUT2D eigenvalue weighted by molar-refractivity contribution is -0.149. The minimum Gasteiger partial charge on any atom is -0.468 e. The van der Waals surface area contributed by atoms with Gasteiger partial charge in [0, 0.05) is 19.6 Å². The van der Waals surface area contributed by atoms with Crippen LogP contribution < -0.4 is 5.73 Å². The second-order valence-electron chi connectivity index (χ2n) is 5.46. The standard InChI is InChI=1S/C12H19N5O2/c1-19-11(18)12(13,9-2-3-9)7-16-4-5-17-8-14-15-10(17)6-16/h8-9H,2-7,13H2,1H3. The van der Waals surface area contributed by atoms with E-state index in [1.165, 1.54) is 7.11 Å². The SMILES string of the molecule is COC(=O)C(N)(CN1CCn2cnnc2C1)C1CC1. The molecule has 3 rings (SSSR count). The molecule has 1 aromatic heterocycles. The molecule has 0 spiro atoms. The van der Waals surface area contributed by atoms with E-state index in [4.69, 9.17) is 10.5 Å². The van der Waals surface area contributed by atoms with Crippen LogP contribution in [0.15, 0.2) is 6.33 Å². The highest BCUT2D eigenvalue weighted by molar-refractivity contribution is 5.81. The Kier molecular flexibility index (Phi) is 3.02. The van der Waals surface area contributed by atoms with Gasteiger partial charge in [0.25, 0.3) is 0 Å². The molecule has 1 aromatic rings. The van der Waals surface area contributed by atoms with Crippen LogP contribution in [0.2, 0.25) is 0 Å². The van der Waals surface area contributed by atoms with Gasteiger partial charge in [0.05, 0.1) is 13.7 Å². The fraction of sp³-hybridized carbons (Fsp3) is 0.750. The predicted molar refractivity (Wildman–Crippen MR) is 67.0 cm³/mol. The first-order valence-electron chi connectivity index (χ1n) is 6.60. The molecule has 2 heterocycles. The molecule has 0 radical (unpaired) electrons. The zero-order chi connectivity index (χ0) is 13.5. The Balaban J connectivity index is 1.72. The minimum atomic E-state index is -0.878. The number of fused-ring (bicyclic) bond motifs is 1. The van der Waals surface area contributed by atoms with Crippen LogP contribution >= 0.6 is 0 Å². The molecule has 1 saturated carbocycles. The number of esters is 1. The van der Waals surface area contributed by atoms with Gasteiger partial charge >= 0.3 is 5.97 Å². The number of nitrogens with two attached hydrogens (primary N) is 1. The van der Waals surface area contributed by atoms with Crippen molar-refractivity contribution in [1.29, 1.82) is 0 Å². The second-order valence-corrected chi connectivity index (χ2v) is 5.46. The molecule has 1 fully saturated rings. The fourth-order valence-electron chi connectivity index (χ4n) is 2.77. The first-order chi connectivity index (χ1) is 9.13. The van der Waals surface area contributed by atoms with Crippen molar-refractivity contribution in [3.8, 4) is 0 Å². The van der Waals surface area contributed by atoms with E-state index in [9.17, 15) is 4.79 Å². The summed E-state index contributed by atoms with van der Waals surface area (Å²) in [6.07, 6.45) is 3.76. The van der Waals surface area contributed by atoms with E-state index < -0.39 is 5.54 Å². The lowest BCUT2D eigenvalue weighted by Gasteiger charge is -2.35. The summed E-state index contributed by atoms with van der Waals surface area (Å²) in [5.74, 6) is 0.871. The summed E-state index contributed by atoms with van der Waals surface area (Å²) in [7, 11) is 1.40. The van der Waals surface area contributed by atoms with Crippen molar-refractivity contribution >= 4 is 5.97 Å². The lowest BCUT2D eigenvalue weighted by atomic mass is 9.93. The molecule has 0 bridgehead atoms. The number of rotatable bonds is 4. The molecule has 19 heavy (non-hydrogen) atoms. The molecular formula is C12H19N5O2. The number of carbonyl (C=O) groups excluding carboxylic acids is 1. The van der Waals surface area contributed by atoms with Gasteiger partial charge in [0.2, 0.25) is 0 Å². The number of hydrogen-bond acceptors (Lipinski definition) is 6. The zero-order valence-corrected chi connectivity index (χ0v) is 11.1. The highest BCUT2D eigenvalue weighted by atomic mass is 16.5. The van der Waals surface area contributed by atoms with Crippen molar-refractivity contribution in [2.45, 2.75) is 31.5 Å². The van der Waals surface area contributed by atoms with Gasteiger partial charge < -0.3 is 15.0 Å². The number of carbonyl (C=O) groups is 1. The number of methoxy groups -OCH3 is 1. The molecule has 0 aromatic carbocycles. The summed E-state index contributed by atoms with van der Waals surface area (Å²) in [4.78, 5) is 14.1. The minimum absolute atomic E-state index is 0.250. The first kappa shape index (κ1) is 12.6. The number of hydrogen-bond donors (Lipinski definition) is 1. The van der Waals surface area contributed by atoms with Gasteiger partial charge in [-0.2, -0.15) is 0 Å². The first-order valence-corrected chi connectivity index (χ1v) is 6.60. The van der Waals surface area contributed by atoms with E-state index in [2.05, 4.69) is 15.1 Å². The van der Waals surface area contributed by atoms with Crippen molar-refractivity contribution in [1.82, 2.24) is 19.7 Å². The van der Waals surface area contributed by atoms with Crippen molar-refractivity contribution < 1.29 is 9.53 Å². The lowest BCUT2D eigenvalue weighted by Crippen LogP contribution is -2.59. The largest absolute Gasteiger partial charge is 0.468 e. The Hall–Kier alpha value is -1.47. The molecule has 0 amide bonds. The van der Waals surface area contributed by atoms with E-state index >= 15 is 0 Å². The normalized spacial score (nSPS) is 22.6. The molecule has 7 nitrogen and oxygen atoms in total. The van der Waals surface area contributed by atoms with Crippen LogP contribution in [0, 0.1) is 5.92 Å². The van der Waals surface area contributed by atoms with E-state index in [-0.39, 0.29) is 11.9 Å². The van der Waals surface area contributed by atoms with E-state index in [0.29, 0.717) is 13.1 Å². The van der Waals surface area contributed by atoms with Gasteiger partial charge in [-0.05, 0) is 18.8 Å². The van der Waals surface area contributed by atoms with Crippen LogP contribution in [-0.4, -0.2) is 51.4 Å². The van der Waals surface area contributed by atoms with Gasteiger partial charge in [-0.15, -0.1) is 10.2 Å². The van der Waals surface area contributed by atoms with Crippen LogP contribution in [0.3, 0.4) is 0 Å². The van der Waals surface area contributed by atoms with Crippen LogP contribution in [-0.2, 0) is 22.6 Å².